The fraction of sp³-hybridized carbons (Fsp3) is 0.500. The molecule has 2 N–H and O–H groups in total. The van der Waals surface area contributed by atoms with E-state index in [0.29, 0.717) is 25.2 Å². The minimum Gasteiger partial charge on any atom is -0.493 e. The van der Waals surface area contributed by atoms with Gasteiger partial charge in [0.05, 0.1) is 6.61 Å². The Morgan fingerprint density at radius 1 is 1.50 bits per heavy atom. The summed E-state index contributed by atoms with van der Waals surface area (Å²) < 4.78 is 18.3. The van der Waals surface area contributed by atoms with Gasteiger partial charge in [-0.2, -0.15) is 0 Å². The van der Waals surface area contributed by atoms with Crippen LogP contribution < -0.4 is 15.4 Å². The highest BCUT2D eigenvalue weighted by Gasteiger charge is 2.15. The number of carbonyl (C=O) groups excluding carboxylic acids is 1. The van der Waals surface area contributed by atoms with Crippen LogP contribution in [0.2, 0.25) is 0 Å². The summed E-state index contributed by atoms with van der Waals surface area (Å²) in [4.78, 5) is 11.6. The van der Waals surface area contributed by atoms with Crippen molar-refractivity contribution in [2.75, 3.05) is 19.7 Å². The second-order valence-corrected chi connectivity index (χ2v) is 4.67. The first-order valence-corrected chi connectivity index (χ1v) is 6.62. The van der Waals surface area contributed by atoms with Gasteiger partial charge in [-0.1, -0.05) is 6.07 Å². The van der Waals surface area contributed by atoms with E-state index in [-0.39, 0.29) is 30.2 Å². The lowest BCUT2D eigenvalue weighted by Gasteiger charge is -2.11. The van der Waals surface area contributed by atoms with Gasteiger partial charge in [-0.15, -0.1) is 12.4 Å². The van der Waals surface area contributed by atoms with Crippen LogP contribution in [0.1, 0.15) is 19.3 Å². The number of hydrogen-bond acceptors (Lipinski definition) is 3. The van der Waals surface area contributed by atoms with Gasteiger partial charge in [0.2, 0.25) is 5.91 Å². The van der Waals surface area contributed by atoms with Crippen LogP contribution in [0.3, 0.4) is 0 Å². The van der Waals surface area contributed by atoms with E-state index in [9.17, 15) is 9.18 Å². The Morgan fingerprint density at radius 3 is 3.05 bits per heavy atom. The first kappa shape index (κ1) is 16.7. The van der Waals surface area contributed by atoms with Gasteiger partial charge in [0, 0.05) is 25.1 Å². The van der Waals surface area contributed by atoms with Crippen LogP contribution in [0.15, 0.2) is 24.3 Å². The van der Waals surface area contributed by atoms with Crippen molar-refractivity contribution in [1.29, 1.82) is 0 Å². The van der Waals surface area contributed by atoms with Crippen molar-refractivity contribution in [1.82, 2.24) is 10.6 Å². The third-order valence-corrected chi connectivity index (χ3v) is 3.04. The molecule has 1 aromatic rings. The van der Waals surface area contributed by atoms with Gasteiger partial charge in [0.1, 0.15) is 11.6 Å². The number of amides is 1. The monoisotopic (exact) mass is 302 g/mol. The van der Waals surface area contributed by atoms with Gasteiger partial charge in [0.25, 0.3) is 0 Å². The molecule has 0 saturated carbocycles. The highest BCUT2D eigenvalue weighted by atomic mass is 35.5. The Bertz CT molecular complexity index is 425. The Kier molecular flexibility index (Phi) is 7.33. The highest BCUT2D eigenvalue weighted by molar-refractivity contribution is 5.85. The molecular weight excluding hydrogens is 283 g/mol. The maximum atomic E-state index is 12.9. The highest BCUT2D eigenvalue weighted by Crippen LogP contribution is 2.12. The van der Waals surface area contributed by atoms with Crippen LogP contribution in [0.5, 0.6) is 5.75 Å². The van der Waals surface area contributed by atoms with Gasteiger partial charge < -0.3 is 15.4 Å². The number of carbonyl (C=O) groups is 1. The van der Waals surface area contributed by atoms with Crippen molar-refractivity contribution in [3.8, 4) is 5.75 Å². The third kappa shape index (κ3) is 5.75. The molecule has 4 nitrogen and oxygen atoms in total. The zero-order chi connectivity index (χ0) is 13.5. The number of rotatable bonds is 6. The first-order chi connectivity index (χ1) is 9.24. The molecule has 6 heteroatoms. The summed E-state index contributed by atoms with van der Waals surface area (Å²) in [6, 6.07) is 6.27. The Hall–Kier alpha value is -1.33. The van der Waals surface area contributed by atoms with E-state index in [1.807, 2.05) is 0 Å². The lowest BCUT2D eigenvalue weighted by atomic mass is 10.2. The zero-order valence-corrected chi connectivity index (χ0v) is 12.0. The van der Waals surface area contributed by atoms with E-state index < -0.39 is 0 Å². The molecule has 2 rings (SSSR count). The van der Waals surface area contributed by atoms with E-state index >= 15 is 0 Å². The number of hydrogen-bond donors (Lipinski definition) is 2. The van der Waals surface area contributed by atoms with E-state index in [2.05, 4.69) is 10.6 Å². The Balaban J connectivity index is 0.00000200. The van der Waals surface area contributed by atoms with Gasteiger partial charge in [-0.3, -0.25) is 4.79 Å². The molecule has 0 aliphatic carbocycles. The van der Waals surface area contributed by atoms with E-state index in [1.165, 1.54) is 12.1 Å². The first-order valence-electron chi connectivity index (χ1n) is 6.62. The summed E-state index contributed by atoms with van der Waals surface area (Å²) in [5.74, 6) is 0.237. The van der Waals surface area contributed by atoms with E-state index in [4.69, 9.17) is 4.74 Å². The van der Waals surface area contributed by atoms with Crippen molar-refractivity contribution in [3.05, 3.63) is 30.1 Å². The molecule has 0 spiro atoms. The van der Waals surface area contributed by atoms with Crippen molar-refractivity contribution < 1.29 is 13.9 Å². The molecule has 0 radical (unpaired) electrons. The van der Waals surface area contributed by atoms with E-state index in [0.717, 1.165) is 19.5 Å². The Labute approximate surface area is 124 Å². The zero-order valence-electron chi connectivity index (χ0n) is 11.2. The summed E-state index contributed by atoms with van der Waals surface area (Å²) in [6.07, 6.45) is 2.06. The predicted octanol–water partition coefficient (Wildman–Crippen LogP) is 1.88. The van der Waals surface area contributed by atoms with Crippen molar-refractivity contribution >= 4 is 18.3 Å². The molecule has 1 atom stereocenters. The van der Waals surface area contributed by atoms with Gasteiger partial charge in [-0.25, -0.2) is 4.39 Å². The minimum absolute atomic E-state index is 0. The van der Waals surface area contributed by atoms with Crippen LogP contribution in [0, 0.1) is 5.82 Å². The predicted molar refractivity (Wildman–Crippen MR) is 77.8 cm³/mol. The molecule has 1 amide bonds. The number of nitrogens with one attached hydrogen (secondary N) is 2. The minimum atomic E-state index is -0.316. The summed E-state index contributed by atoms with van der Waals surface area (Å²) in [5.41, 5.74) is 0. The summed E-state index contributed by atoms with van der Waals surface area (Å²) in [5, 5.41) is 6.17. The van der Waals surface area contributed by atoms with Gasteiger partial charge >= 0.3 is 0 Å². The van der Waals surface area contributed by atoms with Crippen LogP contribution in [0.25, 0.3) is 0 Å². The summed E-state index contributed by atoms with van der Waals surface area (Å²) >= 11 is 0. The molecule has 1 aromatic carbocycles. The Morgan fingerprint density at radius 2 is 2.35 bits per heavy atom. The normalized spacial score (nSPS) is 17.4. The van der Waals surface area contributed by atoms with E-state index in [1.54, 1.807) is 12.1 Å². The average molecular weight is 303 g/mol. The van der Waals surface area contributed by atoms with Gasteiger partial charge in [-0.05, 0) is 31.5 Å². The van der Waals surface area contributed by atoms with Crippen LogP contribution >= 0.6 is 12.4 Å². The molecule has 0 bridgehead atoms. The molecule has 1 saturated heterocycles. The molecule has 1 fully saturated rings. The molecule has 20 heavy (non-hydrogen) atoms. The maximum Gasteiger partial charge on any atom is 0.220 e. The molecular formula is C14H20ClFN2O2. The molecule has 1 unspecified atom stereocenters. The molecule has 1 aliphatic heterocycles. The summed E-state index contributed by atoms with van der Waals surface area (Å²) in [6.45, 7) is 2.24. The van der Waals surface area contributed by atoms with Crippen LogP contribution in [-0.2, 0) is 4.79 Å². The topological polar surface area (TPSA) is 50.4 Å². The SMILES string of the molecule is Cl.O=C(CCCOc1cccc(F)c1)NC1CCNC1. The second kappa shape index (κ2) is 8.76. The van der Waals surface area contributed by atoms with Crippen molar-refractivity contribution in [3.63, 3.8) is 0 Å². The summed E-state index contributed by atoms with van der Waals surface area (Å²) in [7, 11) is 0. The van der Waals surface area contributed by atoms with Gasteiger partial charge in [0.15, 0.2) is 0 Å². The van der Waals surface area contributed by atoms with Crippen molar-refractivity contribution in [2.24, 2.45) is 0 Å². The molecule has 1 heterocycles. The quantitative estimate of drug-likeness (QED) is 0.789. The lowest BCUT2D eigenvalue weighted by Crippen LogP contribution is -2.36. The molecule has 1 aliphatic rings. The average Bonchev–Trinajstić information content (AvgIpc) is 2.87. The van der Waals surface area contributed by atoms with Crippen molar-refractivity contribution in [2.45, 2.75) is 25.3 Å². The molecule has 112 valence electrons. The second-order valence-electron chi connectivity index (χ2n) is 4.67. The molecule has 0 aromatic heterocycles. The largest absolute Gasteiger partial charge is 0.493 e. The van der Waals surface area contributed by atoms with Crippen LogP contribution in [-0.4, -0.2) is 31.6 Å². The smallest absolute Gasteiger partial charge is 0.220 e. The number of ether oxygens (including phenoxy) is 1. The fourth-order valence-electron chi connectivity index (χ4n) is 2.06. The fourth-order valence-corrected chi connectivity index (χ4v) is 2.06. The number of benzene rings is 1. The standard InChI is InChI=1S/C14H19FN2O2.ClH/c15-11-3-1-4-13(9-11)19-8-2-5-14(18)17-12-6-7-16-10-12;/h1,3-4,9,12,16H,2,5-8,10H2,(H,17,18);1H. The third-order valence-electron chi connectivity index (χ3n) is 3.04. The number of halogens is 2. The van der Waals surface area contributed by atoms with Crippen LogP contribution in [0.4, 0.5) is 4.39 Å². The lowest BCUT2D eigenvalue weighted by molar-refractivity contribution is -0.121. The maximum absolute atomic E-state index is 12.9.